The average Bonchev–Trinajstić information content (AvgIpc) is 2.52. The van der Waals surface area contributed by atoms with Crippen LogP contribution in [0.1, 0.15) is 36.4 Å². The van der Waals surface area contributed by atoms with Crippen molar-refractivity contribution < 1.29 is 13.9 Å². The summed E-state index contributed by atoms with van der Waals surface area (Å²) >= 11 is 0. The number of fused-ring (bicyclic) bond motifs is 1. The van der Waals surface area contributed by atoms with E-state index >= 15 is 0 Å². The predicted octanol–water partition coefficient (Wildman–Crippen LogP) is 2.57. The molecule has 0 aromatic heterocycles. The second-order valence-corrected chi connectivity index (χ2v) is 4.34. The summed E-state index contributed by atoms with van der Waals surface area (Å²) in [5.41, 5.74) is 7.58. The van der Waals surface area contributed by atoms with Crippen molar-refractivity contribution >= 4 is 0 Å². The van der Waals surface area contributed by atoms with Gasteiger partial charge in [0.15, 0.2) is 11.5 Å². The van der Waals surface area contributed by atoms with Crippen molar-refractivity contribution in [3.05, 3.63) is 23.0 Å². The van der Waals surface area contributed by atoms with Gasteiger partial charge in [0, 0.05) is 17.7 Å². The maximum absolute atomic E-state index is 14.0. The summed E-state index contributed by atoms with van der Waals surface area (Å²) in [5.74, 6) is 0.759. The van der Waals surface area contributed by atoms with Crippen molar-refractivity contribution in [1.29, 1.82) is 0 Å². The van der Waals surface area contributed by atoms with E-state index in [0.717, 1.165) is 31.2 Å². The molecule has 0 saturated heterocycles. The number of methoxy groups -OCH3 is 2. The summed E-state index contributed by atoms with van der Waals surface area (Å²) in [4.78, 5) is 0. The lowest BCUT2D eigenvalue weighted by Crippen LogP contribution is -2.14. The summed E-state index contributed by atoms with van der Waals surface area (Å²) in [6.45, 7) is 0. The quantitative estimate of drug-likeness (QED) is 0.807. The largest absolute Gasteiger partial charge is 0.493 e. The van der Waals surface area contributed by atoms with Crippen LogP contribution in [0, 0.1) is 5.82 Å². The fourth-order valence-electron chi connectivity index (χ4n) is 2.48. The normalized spacial score (nSPS) is 19.4. The molecule has 4 heteroatoms. The standard InChI is InChI=1S/C13H18FNO2/c1-16-11-7-9(14)8-5-3-4-6-10(15)12(8)13(11)17-2/h7,10H,3-6,15H2,1-2H3. The van der Waals surface area contributed by atoms with Crippen molar-refractivity contribution in [2.24, 2.45) is 5.73 Å². The second-order valence-electron chi connectivity index (χ2n) is 4.34. The Morgan fingerprint density at radius 3 is 2.71 bits per heavy atom. The molecule has 0 fully saturated rings. The first-order valence-electron chi connectivity index (χ1n) is 5.87. The zero-order valence-corrected chi connectivity index (χ0v) is 10.3. The minimum atomic E-state index is -0.241. The lowest BCUT2D eigenvalue weighted by atomic mass is 9.97. The Labute approximate surface area is 101 Å². The van der Waals surface area contributed by atoms with Crippen LogP contribution in [0.25, 0.3) is 0 Å². The zero-order valence-electron chi connectivity index (χ0n) is 10.3. The zero-order chi connectivity index (χ0) is 12.4. The van der Waals surface area contributed by atoms with Crippen LogP contribution in [0.5, 0.6) is 11.5 Å². The van der Waals surface area contributed by atoms with E-state index in [0.29, 0.717) is 17.1 Å². The van der Waals surface area contributed by atoms with Crippen LogP contribution in [0.15, 0.2) is 6.07 Å². The van der Waals surface area contributed by atoms with Crippen molar-refractivity contribution in [3.8, 4) is 11.5 Å². The molecule has 0 radical (unpaired) electrons. The van der Waals surface area contributed by atoms with E-state index < -0.39 is 0 Å². The highest BCUT2D eigenvalue weighted by Gasteiger charge is 2.25. The molecule has 1 aliphatic carbocycles. The van der Waals surface area contributed by atoms with Gasteiger partial charge in [0.1, 0.15) is 5.82 Å². The fraction of sp³-hybridized carbons (Fsp3) is 0.538. The Kier molecular flexibility index (Phi) is 3.52. The molecule has 1 atom stereocenters. The minimum Gasteiger partial charge on any atom is -0.493 e. The lowest BCUT2D eigenvalue weighted by molar-refractivity contribution is 0.345. The van der Waals surface area contributed by atoms with Gasteiger partial charge in [0.25, 0.3) is 0 Å². The molecular weight excluding hydrogens is 221 g/mol. The summed E-state index contributed by atoms with van der Waals surface area (Å²) < 4.78 is 24.5. The van der Waals surface area contributed by atoms with Crippen molar-refractivity contribution in [1.82, 2.24) is 0 Å². The summed E-state index contributed by atoms with van der Waals surface area (Å²) in [6, 6.07) is 1.21. The number of benzene rings is 1. The fourth-order valence-corrected chi connectivity index (χ4v) is 2.48. The van der Waals surface area contributed by atoms with E-state index in [4.69, 9.17) is 15.2 Å². The van der Waals surface area contributed by atoms with Gasteiger partial charge in [-0.25, -0.2) is 4.39 Å². The van der Waals surface area contributed by atoms with E-state index in [1.165, 1.54) is 13.2 Å². The molecule has 0 spiro atoms. The molecule has 17 heavy (non-hydrogen) atoms. The molecule has 1 aliphatic rings. The van der Waals surface area contributed by atoms with Crippen molar-refractivity contribution in [2.75, 3.05) is 14.2 Å². The Morgan fingerprint density at radius 2 is 2.06 bits per heavy atom. The summed E-state index contributed by atoms with van der Waals surface area (Å²) in [7, 11) is 3.07. The molecule has 0 amide bonds. The molecule has 2 N–H and O–H groups in total. The third kappa shape index (κ3) is 2.09. The van der Waals surface area contributed by atoms with Gasteiger partial charge in [0.2, 0.25) is 0 Å². The van der Waals surface area contributed by atoms with E-state index in [1.54, 1.807) is 7.11 Å². The molecule has 1 unspecified atom stereocenters. The predicted molar refractivity (Wildman–Crippen MR) is 64.0 cm³/mol. The van der Waals surface area contributed by atoms with Crippen molar-refractivity contribution in [2.45, 2.75) is 31.7 Å². The van der Waals surface area contributed by atoms with Crippen molar-refractivity contribution in [3.63, 3.8) is 0 Å². The van der Waals surface area contributed by atoms with Crippen LogP contribution < -0.4 is 15.2 Å². The first kappa shape index (κ1) is 12.2. The molecule has 3 nitrogen and oxygen atoms in total. The number of hydrogen-bond donors (Lipinski definition) is 1. The maximum Gasteiger partial charge on any atom is 0.165 e. The van der Waals surface area contributed by atoms with Crippen LogP contribution in [-0.2, 0) is 6.42 Å². The lowest BCUT2D eigenvalue weighted by Gasteiger charge is -2.19. The Bertz CT molecular complexity index is 420. The summed E-state index contributed by atoms with van der Waals surface area (Å²) in [5, 5.41) is 0. The topological polar surface area (TPSA) is 44.5 Å². The summed E-state index contributed by atoms with van der Waals surface area (Å²) in [6.07, 6.45) is 3.55. The maximum atomic E-state index is 14.0. The highest BCUT2D eigenvalue weighted by atomic mass is 19.1. The smallest absolute Gasteiger partial charge is 0.165 e. The third-order valence-corrected chi connectivity index (χ3v) is 3.33. The van der Waals surface area contributed by atoms with Gasteiger partial charge >= 0.3 is 0 Å². The van der Waals surface area contributed by atoms with Gasteiger partial charge in [-0.2, -0.15) is 0 Å². The molecule has 94 valence electrons. The number of ether oxygens (including phenoxy) is 2. The van der Waals surface area contributed by atoms with E-state index in [9.17, 15) is 4.39 Å². The first-order chi connectivity index (χ1) is 8.19. The van der Waals surface area contributed by atoms with E-state index in [2.05, 4.69) is 0 Å². The molecule has 0 heterocycles. The molecule has 0 saturated carbocycles. The number of rotatable bonds is 2. The highest BCUT2D eigenvalue weighted by molar-refractivity contribution is 5.53. The van der Waals surface area contributed by atoms with Crippen LogP contribution in [0.4, 0.5) is 4.39 Å². The number of halogens is 1. The molecule has 1 aromatic rings. The van der Waals surface area contributed by atoms with E-state index in [1.807, 2.05) is 0 Å². The third-order valence-electron chi connectivity index (χ3n) is 3.33. The minimum absolute atomic E-state index is 0.174. The Balaban J connectivity index is 2.64. The molecule has 2 rings (SSSR count). The Morgan fingerprint density at radius 1 is 1.29 bits per heavy atom. The van der Waals surface area contributed by atoms with Gasteiger partial charge < -0.3 is 15.2 Å². The number of hydrogen-bond acceptors (Lipinski definition) is 3. The molecule has 1 aromatic carbocycles. The van der Waals surface area contributed by atoms with Gasteiger partial charge in [-0.05, 0) is 24.8 Å². The van der Waals surface area contributed by atoms with Crippen LogP contribution in [-0.4, -0.2) is 14.2 Å². The highest BCUT2D eigenvalue weighted by Crippen LogP contribution is 2.41. The molecule has 0 bridgehead atoms. The van der Waals surface area contributed by atoms with Gasteiger partial charge in [0.05, 0.1) is 14.2 Å². The van der Waals surface area contributed by atoms with Crippen LogP contribution >= 0.6 is 0 Å². The first-order valence-corrected chi connectivity index (χ1v) is 5.87. The monoisotopic (exact) mass is 239 g/mol. The van der Waals surface area contributed by atoms with Crippen LogP contribution in [0.2, 0.25) is 0 Å². The second kappa shape index (κ2) is 4.92. The molecule has 0 aliphatic heterocycles. The van der Waals surface area contributed by atoms with Gasteiger partial charge in [-0.1, -0.05) is 6.42 Å². The van der Waals surface area contributed by atoms with E-state index in [-0.39, 0.29) is 11.9 Å². The Hall–Kier alpha value is -1.29. The van der Waals surface area contributed by atoms with Gasteiger partial charge in [-0.15, -0.1) is 0 Å². The molecular formula is C13H18FNO2. The average molecular weight is 239 g/mol. The SMILES string of the molecule is COc1cc(F)c2c(c1OC)C(N)CCCC2. The number of nitrogens with two attached hydrogens (primary N) is 1. The van der Waals surface area contributed by atoms with Crippen LogP contribution in [0.3, 0.4) is 0 Å². The van der Waals surface area contributed by atoms with Gasteiger partial charge in [-0.3, -0.25) is 0 Å².